The zero-order valence-electron chi connectivity index (χ0n) is 10.4. The number of hydrogen-bond donors (Lipinski definition) is 3. The molecule has 4 heteroatoms. The number of aliphatic hydroxyl groups excluding tert-OH is 1. The molecule has 0 saturated carbocycles. The Balaban J connectivity index is 1.85. The maximum Gasteiger partial charge on any atom is 0.237 e. The SMILES string of the molecule is O=C(NCC(CO)c1ccccc1)C1CCCN1. The maximum absolute atomic E-state index is 11.8. The first-order valence-corrected chi connectivity index (χ1v) is 6.48. The van der Waals surface area contributed by atoms with Crippen LogP contribution in [-0.4, -0.2) is 36.8 Å². The number of rotatable bonds is 5. The highest BCUT2D eigenvalue weighted by molar-refractivity contribution is 5.82. The molecule has 0 bridgehead atoms. The number of carbonyl (C=O) groups is 1. The Hall–Kier alpha value is -1.39. The standard InChI is InChI=1S/C14H20N2O2/c17-10-12(11-5-2-1-3-6-11)9-16-14(18)13-7-4-8-15-13/h1-3,5-6,12-13,15,17H,4,7-10H2,(H,16,18). The van der Waals surface area contributed by atoms with Gasteiger partial charge in [0.15, 0.2) is 0 Å². The minimum Gasteiger partial charge on any atom is -0.396 e. The Labute approximate surface area is 107 Å². The molecule has 3 N–H and O–H groups in total. The van der Waals surface area contributed by atoms with E-state index in [2.05, 4.69) is 10.6 Å². The number of aliphatic hydroxyl groups is 1. The van der Waals surface area contributed by atoms with E-state index < -0.39 is 0 Å². The summed E-state index contributed by atoms with van der Waals surface area (Å²) in [5.41, 5.74) is 1.06. The highest BCUT2D eigenvalue weighted by Crippen LogP contribution is 2.14. The molecule has 2 rings (SSSR count). The summed E-state index contributed by atoms with van der Waals surface area (Å²) in [6, 6.07) is 9.72. The molecule has 0 radical (unpaired) electrons. The maximum atomic E-state index is 11.8. The minimum atomic E-state index is -0.0554. The van der Waals surface area contributed by atoms with E-state index in [0.29, 0.717) is 6.54 Å². The molecule has 0 aliphatic carbocycles. The smallest absolute Gasteiger partial charge is 0.237 e. The van der Waals surface area contributed by atoms with E-state index in [0.717, 1.165) is 24.9 Å². The number of nitrogens with one attached hydrogen (secondary N) is 2. The monoisotopic (exact) mass is 248 g/mol. The van der Waals surface area contributed by atoms with Crippen molar-refractivity contribution in [2.24, 2.45) is 0 Å². The molecule has 1 heterocycles. The van der Waals surface area contributed by atoms with Crippen LogP contribution in [0, 0.1) is 0 Å². The fourth-order valence-electron chi connectivity index (χ4n) is 2.27. The van der Waals surface area contributed by atoms with Gasteiger partial charge in [0.2, 0.25) is 5.91 Å². The number of carbonyl (C=O) groups excluding carboxylic acids is 1. The molecule has 4 nitrogen and oxygen atoms in total. The van der Waals surface area contributed by atoms with Crippen molar-refractivity contribution in [3.63, 3.8) is 0 Å². The van der Waals surface area contributed by atoms with E-state index in [-0.39, 0.29) is 24.5 Å². The molecule has 18 heavy (non-hydrogen) atoms. The second-order valence-electron chi connectivity index (χ2n) is 4.68. The van der Waals surface area contributed by atoms with Gasteiger partial charge in [0, 0.05) is 12.5 Å². The van der Waals surface area contributed by atoms with Crippen LogP contribution in [0.25, 0.3) is 0 Å². The number of hydrogen-bond acceptors (Lipinski definition) is 3. The van der Waals surface area contributed by atoms with Gasteiger partial charge in [-0.3, -0.25) is 4.79 Å². The van der Waals surface area contributed by atoms with Gasteiger partial charge < -0.3 is 15.7 Å². The Morgan fingerprint density at radius 1 is 1.44 bits per heavy atom. The lowest BCUT2D eigenvalue weighted by molar-refractivity contribution is -0.122. The van der Waals surface area contributed by atoms with Crippen LogP contribution in [0.5, 0.6) is 0 Å². The Kier molecular flexibility index (Phi) is 4.73. The molecule has 1 saturated heterocycles. The lowest BCUT2D eigenvalue weighted by Gasteiger charge is -2.17. The van der Waals surface area contributed by atoms with Gasteiger partial charge in [0.25, 0.3) is 0 Å². The van der Waals surface area contributed by atoms with E-state index in [4.69, 9.17) is 0 Å². The summed E-state index contributed by atoms with van der Waals surface area (Å²) in [5.74, 6) is 0.0124. The van der Waals surface area contributed by atoms with Crippen LogP contribution in [-0.2, 0) is 4.79 Å². The van der Waals surface area contributed by atoms with Crippen LogP contribution in [0.1, 0.15) is 24.3 Å². The molecule has 1 aromatic carbocycles. The van der Waals surface area contributed by atoms with Crippen LogP contribution in [0.3, 0.4) is 0 Å². The minimum absolute atomic E-state index is 0.0310. The molecule has 98 valence electrons. The molecule has 2 unspecified atom stereocenters. The Bertz CT molecular complexity index is 375. The van der Waals surface area contributed by atoms with Crippen molar-refractivity contribution in [3.05, 3.63) is 35.9 Å². The molecule has 0 aromatic heterocycles. The predicted molar refractivity (Wildman–Crippen MR) is 70.3 cm³/mol. The Morgan fingerprint density at radius 3 is 2.83 bits per heavy atom. The van der Waals surface area contributed by atoms with Gasteiger partial charge in [0.05, 0.1) is 12.6 Å². The van der Waals surface area contributed by atoms with Gasteiger partial charge in [-0.1, -0.05) is 30.3 Å². The van der Waals surface area contributed by atoms with Crippen LogP contribution >= 0.6 is 0 Å². The van der Waals surface area contributed by atoms with Crippen molar-refractivity contribution in [2.75, 3.05) is 19.7 Å². The second-order valence-corrected chi connectivity index (χ2v) is 4.68. The summed E-state index contributed by atoms with van der Waals surface area (Å²) < 4.78 is 0. The van der Waals surface area contributed by atoms with Crippen LogP contribution < -0.4 is 10.6 Å². The van der Waals surface area contributed by atoms with Crippen molar-refractivity contribution < 1.29 is 9.90 Å². The number of benzene rings is 1. The molecule has 1 aliphatic rings. The first-order chi connectivity index (χ1) is 8.81. The summed E-state index contributed by atoms with van der Waals surface area (Å²) in [5, 5.41) is 15.5. The third kappa shape index (κ3) is 3.31. The van der Waals surface area contributed by atoms with E-state index in [1.54, 1.807) is 0 Å². The van der Waals surface area contributed by atoms with E-state index in [9.17, 15) is 9.90 Å². The summed E-state index contributed by atoms with van der Waals surface area (Å²) in [6.45, 7) is 1.44. The predicted octanol–water partition coefficient (Wildman–Crippen LogP) is 0.631. The molecular formula is C14H20N2O2. The summed E-state index contributed by atoms with van der Waals surface area (Å²) in [4.78, 5) is 11.8. The topological polar surface area (TPSA) is 61.4 Å². The first kappa shape index (κ1) is 13.1. The third-order valence-corrected chi connectivity index (χ3v) is 3.39. The van der Waals surface area contributed by atoms with Crippen LogP contribution in [0.15, 0.2) is 30.3 Å². The average Bonchev–Trinajstić information content (AvgIpc) is 2.94. The lowest BCUT2D eigenvalue weighted by Crippen LogP contribution is -2.42. The van der Waals surface area contributed by atoms with E-state index in [1.165, 1.54) is 0 Å². The highest BCUT2D eigenvalue weighted by atomic mass is 16.3. The molecule has 1 amide bonds. The van der Waals surface area contributed by atoms with E-state index in [1.807, 2.05) is 30.3 Å². The summed E-state index contributed by atoms with van der Waals surface area (Å²) in [6.07, 6.45) is 1.96. The molecule has 2 atom stereocenters. The fourth-order valence-corrected chi connectivity index (χ4v) is 2.27. The molecule has 1 aromatic rings. The van der Waals surface area contributed by atoms with Crippen molar-refractivity contribution in [1.29, 1.82) is 0 Å². The van der Waals surface area contributed by atoms with Crippen molar-refractivity contribution in [3.8, 4) is 0 Å². The normalized spacial score (nSPS) is 20.6. The van der Waals surface area contributed by atoms with Gasteiger partial charge >= 0.3 is 0 Å². The van der Waals surface area contributed by atoms with Crippen molar-refractivity contribution >= 4 is 5.91 Å². The average molecular weight is 248 g/mol. The van der Waals surface area contributed by atoms with Gasteiger partial charge in [0.1, 0.15) is 0 Å². The third-order valence-electron chi connectivity index (χ3n) is 3.39. The fraction of sp³-hybridized carbons (Fsp3) is 0.500. The lowest BCUT2D eigenvalue weighted by atomic mass is 10.00. The molecular weight excluding hydrogens is 228 g/mol. The van der Waals surface area contributed by atoms with Gasteiger partial charge in [-0.2, -0.15) is 0 Å². The largest absolute Gasteiger partial charge is 0.396 e. The first-order valence-electron chi connectivity index (χ1n) is 6.48. The van der Waals surface area contributed by atoms with E-state index >= 15 is 0 Å². The molecule has 1 fully saturated rings. The molecule has 1 aliphatic heterocycles. The van der Waals surface area contributed by atoms with Gasteiger partial charge in [-0.25, -0.2) is 0 Å². The van der Waals surface area contributed by atoms with Crippen molar-refractivity contribution in [2.45, 2.75) is 24.8 Å². The quantitative estimate of drug-likeness (QED) is 0.716. The summed E-state index contributed by atoms with van der Waals surface area (Å²) >= 11 is 0. The van der Waals surface area contributed by atoms with Crippen molar-refractivity contribution in [1.82, 2.24) is 10.6 Å². The highest BCUT2D eigenvalue weighted by Gasteiger charge is 2.22. The Morgan fingerprint density at radius 2 is 2.22 bits per heavy atom. The number of amides is 1. The second kappa shape index (κ2) is 6.52. The summed E-state index contributed by atoms with van der Waals surface area (Å²) in [7, 11) is 0. The van der Waals surface area contributed by atoms with Gasteiger partial charge in [-0.05, 0) is 24.9 Å². The van der Waals surface area contributed by atoms with Gasteiger partial charge in [-0.15, -0.1) is 0 Å². The van der Waals surface area contributed by atoms with Crippen LogP contribution in [0.2, 0.25) is 0 Å². The zero-order valence-corrected chi connectivity index (χ0v) is 10.4. The van der Waals surface area contributed by atoms with Crippen LogP contribution in [0.4, 0.5) is 0 Å². The molecule has 0 spiro atoms. The zero-order chi connectivity index (χ0) is 12.8.